The van der Waals surface area contributed by atoms with Gasteiger partial charge < -0.3 is 9.16 Å². The van der Waals surface area contributed by atoms with Crippen molar-refractivity contribution in [2.75, 3.05) is 6.61 Å². The van der Waals surface area contributed by atoms with Gasteiger partial charge in [-0.05, 0) is 54.1 Å². The molecule has 1 fully saturated rings. The molecule has 3 nitrogen and oxygen atoms in total. The van der Waals surface area contributed by atoms with E-state index < -0.39 is 8.32 Å². The number of carbonyl (C=O) groups excluding carboxylic acids is 1. The van der Waals surface area contributed by atoms with E-state index in [4.69, 9.17) is 9.16 Å². The molecule has 0 N–H and O–H groups in total. The van der Waals surface area contributed by atoms with Crippen LogP contribution >= 0.6 is 0 Å². The lowest BCUT2D eigenvalue weighted by molar-refractivity contribution is -0.139. The molecule has 0 saturated heterocycles. The van der Waals surface area contributed by atoms with Crippen molar-refractivity contribution in [3.63, 3.8) is 0 Å². The fourth-order valence-corrected chi connectivity index (χ4v) is 3.73. The molecule has 1 aliphatic rings. The van der Waals surface area contributed by atoms with Crippen molar-refractivity contribution in [1.29, 1.82) is 0 Å². The Labute approximate surface area is 136 Å². The molecule has 22 heavy (non-hydrogen) atoms. The van der Waals surface area contributed by atoms with E-state index in [9.17, 15) is 4.79 Å². The summed E-state index contributed by atoms with van der Waals surface area (Å²) in [6.07, 6.45) is 4.09. The molecule has 1 aliphatic carbocycles. The molecule has 0 bridgehead atoms. The van der Waals surface area contributed by atoms with Gasteiger partial charge in [0.15, 0.2) is 8.32 Å². The van der Waals surface area contributed by atoms with Crippen molar-refractivity contribution in [3.05, 3.63) is 23.8 Å². The van der Waals surface area contributed by atoms with Gasteiger partial charge in [0.25, 0.3) is 0 Å². The molecule has 0 aromatic heterocycles. The van der Waals surface area contributed by atoms with Gasteiger partial charge in [-0.2, -0.15) is 0 Å². The average molecular weight is 325 g/mol. The van der Waals surface area contributed by atoms with E-state index in [-0.39, 0.29) is 17.1 Å². The summed E-state index contributed by atoms with van der Waals surface area (Å²) >= 11 is 0. The molecule has 0 aromatic carbocycles. The molecule has 0 radical (unpaired) electrons. The third-order valence-corrected chi connectivity index (χ3v) is 9.33. The summed E-state index contributed by atoms with van der Waals surface area (Å²) in [7, 11) is -1.82. The maximum Gasteiger partial charge on any atom is 0.302 e. The Bertz CT molecular complexity index is 457. The normalized spacial score (nSPS) is 25.4. The second-order valence-corrected chi connectivity index (χ2v) is 12.7. The van der Waals surface area contributed by atoms with Gasteiger partial charge in [0.05, 0.1) is 6.10 Å². The van der Waals surface area contributed by atoms with Gasteiger partial charge in [0, 0.05) is 6.92 Å². The quantitative estimate of drug-likeness (QED) is 0.547. The summed E-state index contributed by atoms with van der Waals surface area (Å²) < 4.78 is 11.6. The molecule has 126 valence electrons. The van der Waals surface area contributed by atoms with Gasteiger partial charge in [-0.25, -0.2) is 0 Å². The van der Waals surface area contributed by atoms with E-state index in [1.807, 2.05) is 6.08 Å². The van der Waals surface area contributed by atoms with Crippen LogP contribution in [0.25, 0.3) is 0 Å². The lowest BCUT2D eigenvalue weighted by Crippen LogP contribution is -2.45. The van der Waals surface area contributed by atoms with Crippen LogP contribution in [0.1, 0.15) is 47.5 Å². The highest BCUT2D eigenvalue weighted by Gasteiger charge is 2.41. The van der Waals surface area contributed by atoms with Crippen LogP contribution in [0.4, 0.5) is 0 Å². The molecular weight excluding hydrogens is 292 g/mol. The maximum atomic E-state index is 10.9. The predicted molar refractivity (Wildman–Crippen MR) is 94.3 cm³/mol. The van der Waals surface area contributed by atoms with Crippen molar-refractivity contribution in [1.82, 2.24) is 0 Å². The minimum atomic E-state index is -1.82. The highest BCUT2D eigenvalue weighted by atomic mass is 28.4. The van der Waals surface area contributed by atoms with Crippen molar-refractivity contribution >= 4 is 14.3 Å². The molecule has 2 atom stereocenters. The first-order valence-electron chi connectivity index (χ1n) is 8.13. The van der Waals surface area contributed by atoms with Crippen LogP contribution in [0.2, 0.25) is 18.1 Å². The van der Waals surface area contributed by atoms with E-state index in [0.29, 0.717) is 12.5 Å². The van der Waals surface area contributed by atoms with Gasteiger partial charge in [-0.15, -0.1) is 0 Å². The highest BCUT2D eigenvalue weighted by molar-refractivity contribution is 6.74. The molecule has 1 rings (SSSR count). The van der Waals surface area contributed by atoms with Crippen molar-refractivity contribution in [3.8, 4) is 0 Å². The van der Waals surface area contributed by atoms with Gasteiger partial charge in [-0.3, -0.25) is 4.79 Å². The van der Waals surface area contributed by atoms with Crippen LogP contribution in [-0.4, -0.2) is 27.0 Å². The van der Waals surface area contributed by atoms with E-state index >= 15 is 0 Å². The molecule has 0 amide bonds. The molecule has 0 aliphatic heterocycles. The molecule has 1 saturated carbocycles. The zero-order valence-corrected chi connectivity index (χ0v) is 16.3. The van der Waals surface area contributed by atoms with Crippen LogP contribution in [0.15, 0.2) is 23.8 Å². The van der Waals surface area contributed by atoms with Gasteiger partial charge >= 0.3 is 5.97 Å². The standard InChI is InChI=1S/C18H32O3Si/c1-13-11-16(9-10-20-15(3)19)14(2)17(12-13)21-22(7,8)18(4,5)6/h9,13,17H,2,10-12H2,1,3-8H3/b16-9-/t13-,17?/m0/s1. The monoisotopic (exact) mass is 324 g/mol. The second-order valence-electron chi connectivity index (χ2n) is 7.97. The molecule has 0 heterocycles. The smallest absolute Gasteiger partial charge is 0.302 e. The predicted octanol–water partition coefficient (Wildman–Crippen LogP) is 4.85. The first-order chi connectivity index (χ1) is 9.94. The van der Waals surface area contributed by atoms with Crippen LogP contribution in [0.3, 0.4) is 0 Å². The first kappa shape index (κ1) is 19.2. The van der Waals surface area contributed by atoms with Crippen molar-refractivity contribution in [2.24, 2.45) is 5.92 Å². The zero-order chi connectivity index (χ0) is 17.1. The lowest BCUT2D eigenvalue weighted by atomic mass is 9.81. The Morgan fingerprint density at radius 2 is 2.00 bits per heavy atom. The third-order valence-electron chi connectivity index (χ3n) is 4.85. The summed E-state index contributed by atoms with van der Waals surface area (Å²) in [4.78, 5) is 10.9. The van der Waals surface area contributed by atoms with E-state index in [2.05, 4.69) is 47.4 Å². The molecule has 4 heteroatoms. The maximum absolute atomic E-state index is 10.9. The fourth-order valence-electron chi connectivity index (χ4n) is 2.43. The highest BCUT2D eigenvalue weighted by Crippen LogP contribution is 2.41. The Hall–Kier alpha value is -0.873. The molecule has 1 unspecified atom stereocenters. The molecule has 0 aromatic rings. The molecular formula is C18H32O3Si. The summed E-state index contributed by atoms with van der Waals surface area (Å²) in [5, 5.41) is 0.190. The topological polar surface area (TPSA) is 35.5 Å². The molecule has 0 spiro atoms. The van der Waals surface area contributed by atoms with Crippen LogP contribution < -0.4 is 0 Å². The Morgan fingerprint density at radius 3 is 2.50 bits per heavy atom. The SMILES string of the molecule is C=C1/C(=C\COC(C)=O)C[C@H](C)CC1O[Si](C)(C)C(C)(C)C. The Balaban J connectivity index is 2.84. The van der Waals surface area contributed by atoms with Crippen molar-refractivity contribution < 1.29 is 14.0 Å². The number of hydrogen-bond acceptors (Lipinski definition) is 3. The number of ether oxygens (including phenoxy) is 1. The summed E-state index contributed by atoms with van der Waals surface area (Å²) in [5.41, 5.74) is 2.25. The minimum absolute atomic E-state index is 0.0909. The number of esters is 1. The lowest BCUT2D eigenvalue weighted by Gasteiger charge is -2.42. The first-order valence-corrected chi connectivity index (χ1v) is 11.0. The number of hydrogen-bond donors (Lipinski definition) is 0. The Kier molecular flexibility index (Phi) is 6.22. The summed E-state index contributed by atoms with van der Waals surface area (Å²) in [6.45, 7) is 19.6. The zero-order valence-electron chi connectivity index (χ0n) is 15.3. The average Bonchev–Trinajstić information content (AvgIpc) is 2.32. The van der Waals surface area contributed by atoms with Gasteiger partial charge in [0.2, 0.25) is 0 Å². The fraction of sp³-hybridized carbons (Fsp3) is 0.722. The van der Waals surface area contributed by atoms with Gasteiger partial charge in [0.1, 0.15) is 6.61 Å². The second kappa shape index (κ2) is 7.13. The van der Waals surface area contributed by atoms with E-state index in [1.165, 1.54) is 12.5 Å². The summed E-state index contributed by atoms with van der Waals surface area (Å²) in [6, 6.07) is 0. The summed E-state index contributed by atoms with van der Waals surface area (Å²) in [5.74, 6) is 0.309. The van der Waals surface area contributed by atoms with E-state index in [1.54, 1.807) is 0 Å². The Morgan fingerprint density at radius 1 is 1.41 bits per heavy atom. The largest absolute Gasteiger partial charge is 0.462 e. The number of rotatable bonds is 4. The van der Waals surface area contributed by atoms with Crippen LogP contribution in [-0.2, 0) is 14.0 Å². The third kappa shape index (κ3) is 5.09. The van der Waals surface area contributed by atoms with Crippen LogP contribution in [0.5, 0.6) is 0 Å². The number of carbonyl (C=O) groups is 1. The van der Waals surface area contributed by atoms with E-state index in [0.717, 1.165) is 18.4 Å². The van der Waals surface area contributed by atoms with Gasteiger partial charge in [-0.1, -0.05) is 34.3 Å². The van der Waals surface area contributed by atoms with Crippen molar-refractivity contribution in [2.45, 2.75) is 71.7 Å². The van der Waals surface area contributed by atoms with Crippen LogP contribution in [0, 0.1) is 5.92 Å². The minimum Gasteiger partial charge on any atom is -0.462 e.